The monoisotopic (exact) mass is 333 g/mol. The van der Waals surface area contributed by atoms with Crippen molar-refractivity contribution >= 4 is 12.4 Å². The van der Waals surface area contributed by atoms with Crippen molar-refractivity contribution in [3.05, 3.63) is 0 Å². The topological polar surface area (TPSA) is 26.0 Å². The summed E-state index contributed by atoms with van der Waals surface area (Å²) in [5.41, 5.74) is 6.46. The van der Waals surface area contributed by atoms with E-state index in [-0.39, 0.29) is 17.9 Å². The Hall–Kier alpha value is 0.250. The smallest absolute Gasteiger partial charge is 0.0149 e. The highest BCUT2D eigenvalue weighted by molar-refractivity contribution is 5.85. The zero-order chi connectivity index (χ0) is 15.8. The molecule has 136 valence electrons. The molecule has 0 aromatic heterocycles. The molecular weight excluding hydrogens is 290 g/mol. The van der Waals surface area contributed by atoms with Gasteiger partial charge in [0.1, 0.15) is 0 Å². The first kappa shape index (κ1) is 24.5. The predicted molar refractivity (Wildman–Crippen MR) is 105 cm³/mol. The van der Waals surface area contributed by atoms with E-state index in [9.17, 15) is 0 Å². The van der Waals surface area contributed by atoms with E-state index in [2.05, 4.69) is 20.8 Å². The normalized spacial score (nSPS) is 11.5. The third-order valence-electron chi connectivity index (χ3n) is 5.19. The first-order valence-corrected chi connectivity index (χ1v) is 9.97. The molecule has 2 N–H and O–H groups in total. The van der Waals surface area contributed by atoms with Gasteiger partial charge in [0.05, 0.1) is 0 Å². The highest BCUT2D eigenvalue weighted by Crippen LogP contribution is 2.20. The van der Waals surface area contributed by atoms with Crippen LogP contribution in [0.5, 0.6) is 0 Å². The lowest BCUT2D eigenvalue weighted by molar-refractivity contribution is 0.350. The van der Waals surface area contributed by atoms with Crippen molar-refractivity contribution in [2.75, 3.05) is 0 Å². The first-order valence-electron chi connectivity index (χ1n) is 9.97. The van der Waals surface area contributed by atoms with Crippen LogP contribution in [0.3, 0.4) is 0 Å². The third kappa shape index (κ3) is 15.2. The Morgan fingerprint density at radius 3 is 1.18 bits per heavy atom. The van der Waals surface area contributed by atoms with Crippen molar-refractivity contribution < 1.29 is 0 Å². The summed E-state index contributed by atoms with van der Waals surface area (Å²) >= 11 is 0. The molecule has 0 amide bonds. The molecule has 0 heterocycles. The van der Waals surface area contributed by atoms with Crippen molar-refractivity contribution in [3.8, 4) is 0 Å². The van der Waals surface area contributed by atoms with E-state index in [1.807, 2.05) is 0 Å². The average Bonchev–Trinajstić information content (AvgIpc) is 2.51. The van der Waals surface area contributed by atoms with Crippen LogP contribution in [0.25, 0.3) is 0 Å². The second-order valence-corrected chi connectivity index (χ2v) is 7.06. The Morgan fingerprint density at radius 1 is 0.545 bits per heavy atom. The molecule has 0 aliphatic carbocycles. The summed E-state index contributed by atoms with van der Waals surface area (Å²) in [5.74, 6) is 0. The van der Waals surface area contributed by atoms with Gasteiger partial charge in [-0.2, -0.15) is 0 Å². The summed E-state index contributed by atoms with van der Waals surface area (Å²) in [7, 11) is 0. The van der Waals surface area contributed by atoms with Crippen LogP contribution in [0.4, 0.5) is 0 Å². The lowest BCUT2D eigenvalue weighted by atomic mass is 9.88. The number of unbranched alkanes of at least 4 members (excludes halogenated alkanes) is 12. The molecule has 0 spiro atoms. The summed E-state index contributed by atoms with van der Waals surface area (Å²) in [4.78, 5) is 0. The van der Waals surface area contributed by atoms with Gasteiger partial charge in [0.15, 0.2) is 0 Å². The summed E-state index contributed by atoms with van der Waals surface area (Å²) in [6, 6.07) is 0. The van der Waals surface area contributed by atoms with Crippen molar-refractivity contribution in [3.63, 3.8) is 0 Å². The van der Waals surface area contributed by atoms with Gasteiger partial charge in [-0.05, 0) is 19.3 Å². The van der Waals surface area contributed by atoms with Crippen molar-refractivity contribution in [1.82, 2.24) is 0 Å². The van der Waals surface area contributed by atoms with Crippen molar-refractivity contribution in [2.45, 2.75) is 129 Å². The molecule has 0 aliphatic heterocycles. The minimum atomic E-state index is 0. The number of hydrogen-bond donors (Lipinski definition) is 1. The summed E-state index contributed by atoms with van der Waals surface area (Å²) < 4.78 is 0. The number of rotatable bonds is 16. The van der Waals surface area contributed by atoms with Gasteiger partial charge in [-0.25, -0.2) is 0 Å². The Labute approximate surface area is 147 Å². The van der Waals surface area contributed by atoms with Gasteiger partial charge in [-0.3, -0.25) is 0 Å². The molecule has 0 bridgehead atoms. The summed E-state index contributed by atoms with van der Waals surface area (Å²) in [6.07, 6.45) is 22.0. The Bertz CT molecular complexity index is 202. The maximum atomic E-state index is 6.34. The van der Waals surface area contributed by atoms with Crippen molar-refractivity contribution in [1.29, 1.82) is 0 Å². The van der Waals surface area contributed by atoms with E-state index in [4.69, 9.17) is 5.73 Å². The lowest BCUT2D eigenvalue weighted by Crippen LogP contribution is -2.38. The van der Waals surface area contributed by atoms with Crippen LogP contribution < -0.4 is 5.73 Å². The van der Waals surface area contributed by atoms with Crippen LogP contribution in [0.15, 0.2) is 0 Å². The van der Waals surface area contributed by atoms with Gasteiger partial charge < -0.3 is 5.73 Å². The largest absolute Gasteiger partial charge is 0.325 e. The highest BCUT2D eigenvalue weighted by Gasteiger charge is 2.18. The molecule has 0 radical (unpaired) electrons. The molecule has 0 saturated carbocycles. The molecule has 0 aromatic carbocycles. The first-order chi connectivity index (χ1) is 10.2. The van der Waals surface area contributed by atoms with Gasteiger partial charge in [0, 0.05) is 5.54 Å². The van der Waals surface area contributed by atoms with Crippen LogP contribution in [0.1, 0.15) is 124 Å². The van der Waals surface area contributed by atoms with Crippen LogP contribution >= 0.6 is 12.4 Å². The minimum absolute atomic E-state index is 0. The van der Waals surface area contributed by atoms with Gasteiger partial charge in [0.2, 0.25) is 0 Å². The Kier molecular flexibility index (Phi) is 19.6. The van der Waals surface area contributed by atoms with Crippen LogP contribution in [0.2, 0.25) is 0 Å². The van der Waals surface area contributed by atoms with Gasteiger partial charge in [-0.1, -0.05) is 104 Å². The molecule has 0 saturated heterocycles. The summed E-state index contributed by atoms with van der Waals surface area (Å²) in [5, 5.41) is 0. The third-order valence-corrected chi connectivity index (χ3v) is 5.19. The molecule has 0 fully saturated rings. The quantitative estimate of drug-likeness (QED) is 0.292. The molecule has 2 heteroatoms. The fourth-order valence-electron chi connectivity index (χ4n) is 3.10. The fourth-order valence-corrected chi connectivity index (χ4v) is 3.10. The predicted octanol–water partition coefficient (Wildman–Crippen LogP) is 7.41. The van der Waals surface area contributed by atoms with Crippen LogP contribution in [-0.4, -0.2) is 5.54 Å². The van der Waals surface area contributed by atoms with E-state index in [1.54, 1.807) is 0 Å². The Balaban J connectivity index is 0. The second-order valence-electron chi connectivity index (χ2n) is 7.06. The van der Waals surface area contributed by atoms with Crippen molar-refractivity contribution in [2.24, 2.45) is 5.73 Å². The van der Waals surface area contributed by atoms with Crippen LogP contribution in [0, 0.1) is 0 Å². The van der Waals surface area contributed by atoms with E-state index in [0.717, 1.165) is 12.8 Å². The molecule has 1 nitrogen and oxygen atoms in total. The van der Waals surface area contributed by atoms with Crippen LogP contribution in [-0.2, 0) is 0 Å². The molecule has 0 aliphatic rings. The van der Waals surface area contributed by atoms with Gasteiger partial charge >= 0.3 is 0 Å². The molecule has 0 unspecified atom stereocenters. The zero-order valence-electron chi connectivity index (χ0n) is 15.8. The number of hydrogen-bond acceptors (Lipinski definition) is 1. The maximum absolute atomic E-state index is 6.34. The summed E-state index contributed by atoms with van der Waals surface area (Å²) in [6.45, 7) is 6.75. The maximum Gasteiger partial charge on any atom is 0.0149 e. The molecular formula is C20H44ClN. The molecule has 22 heavy (non-hydrogen) atoms. The molecule has 0 rings (SSSR count). The highest BCUT2D eigenvalue weighted by atomic mass is 35.5. The van der Waals surface area contributed by atoms with E-state index in [0.29, 0.717) is 0 Å². The fraction of sp³-hybridized carbons (Fsp3) is 1.00. The Morgan fingerprint density at radius 2 is 0.864 bits per heavy atom. The zero-order valence-corrected chi connectivity index (χ0v) is 16.6. The van der Waals surface area contributed by atoms with E-state index in [1.165, 1.54) is 89.9 Å². The molecule has 0 atom stereocenters. The SMILES string of the molecule is CCCCCCCCCCCCCCCC(N)(CC)CC.Cl. The second kappa shape index (κ2) is 17.6. The minimum Gasteiger partial charge on any atom is -0.325 e. The average molecular weight is 334 g/mol. The molecule has 0 aromatic rings. The lowest BCUT2D eigenvalue weighted by Gasteiger charge is -2.26. The van der Waals surface area contributed by atoms with E-state index >= 15 is 0 Å². The standard InChI is InChI=1S/C20H43N.ClH/c1-4-7-8-9-10-11-12-13-14-15-16-17-18-19-20(21,5-2)6-3;/h4-19,21H2,1-3H3;1H. The van der Waals surface area contributed by atoms with Gasteiger partial charge in [-0.15, -0.1) is 12.4 Å². The number of nitrogens with two attached hydrogens (primary N) is 1. The number of halogens is 1. The van der Waals surface area contributed by atoms with Gasteiger partial charge in [0.25, 0.3) is 0 Å². The van der Waals surface area contributed by atoms with E-state index < -0.39 is 0 Å².